The molecular formula is C9H22N2O2S. The quantitative estimate of drug-likeness (QED) is 0.663. The van der Waals surface area contributed by atoms with Crippen LogP contribution in [0.3, 0.4) is 0 Å². The van der Waals surface area contributed by atoms with Crippen molar-refractivity contribution < 1.29 is 8.42 Å². The van der Waals surface area contributed by atoms with Crippen molar-refractivity contribution in [2.24, 2.45) is 5.73 Å². The standard InChI is InChI=1S/C9H22N2O2S/c1-4-9(5-6-10)11(2)7-8-14(3,12)13/h9H,4-8,10H2,1-3H3. The first kappa shape index (κ1) is 13.9. The van der Waals surface area contributed by atoms with E-state index in [9.17, 15) is 8.42 Å². The zero-order chi connectivity index (χ0) is 11.2. The maximum absolute atomic E-state index is 11.0. The van der Waals surface area contributed by atoms with E-state index in [2.05, 4.69) is 11.8 Å². The Balaban J connectivity index is 3.98. The average Bonchev–Trinajstić information content (AvgIpc) is 2.09. The summed E-state index contributed by atoms with van der Waals surface area (Å²) in [6, 6.07) is 0.404. The Bertz CT molecular complexity index is 239. The normalized spacial score (nSPS) is 14.6. The van der Waals surface area contributed by atoms with Gasteiger partial charge in [-0.05, 0) is 26.4 Å². The van der Waals surface area contributed by atoms with Crippen molar-refractivity contribution >= 4 is 9.84 Å². The molecule has 0 spiro atoms. The van der Waals surface area contributed by atoms with E-state index < -0.39 is 9.84 Å². The predicted molar refractivity (Wildman–Crippen MR) is 60.1 cm³/mol. The maximum atomic E-state index is 11.0. The molecule has 0 fully saturated rings. The summed E-state index contributed by atoms with van der Waals surface area (Å²) >= 11 is 0. The number of sulfone groups is 1. The average molecular weight is 222 g/mol. The fourth-order valence-corrected chi connectivity index (χ4v) is 2.04. The zero-order valence-electron chi connectivity index (χ0n) is 9.36. The molecule has 0 aliphatic heterocycles. The molecule has 1 unspecified atom stereocenters. The zero-order valence-corrected chi connectivity index (χ0v) is 10.2. The molecule has 86 valence electrons. The van der Waals surface area contributed by atoms with Crippen LogP contribution in [0.2, 0.25) is 0 Å². The van der Waals surface area contributed by atoms with Crippen LogP contribution < -0.4 is 5.73 Å². The van der Waals surface area contributed by atoms with Gasteiger partial charge in [0.15, 0.2) is 0 Å². The van der Waals surface area contributed by atoms with Crippen LogP contribution in [-0.2, 0) is 9.84 Å². The van der Waals surface area contributed by atoms with Crippen LogP contribution in [0.4, 0.5) is 0 Å². The number of hydrogen-bond acceptors (Lipinski definition) is 4. The van der Waals surface area contributed by atoms with E-state index in [1.54, 1.807) is 0 Å². The molecule has 0 aliphatic carbocycles. The lowest BCUT2D eigenvalue weighted by Gasteiger charge is -2.26. The molecule has 0 aromatic rings. The predicted octanol–water partition coefficient (Wildman–Crippen LogP) is 0.0902. The molecule has 0 aromatic carbocycles. The molecule has 0 heterocycles. The van der Waals surface area contributed by atoms with E-state index in [1.807, 2.05) is 7.05 Å². The van der Waals surface area contributed by atoms with Crippen molar-refractivity contribution in [3.8, 4) is 0 Å². The number of nitrogens with two attached hydrogens (primary N) is 1. The minimum atomic E-state index is -2.85. The van der Waals surface area contributed by atoms with Gasteiger partial charge < -0.3 is 10.6 Å². The smallest absolute Gasteiger partial charge is 0.148 e. The van der Waals surface area contributed by atoms with E-state index >= 15 is 0 Å². The first-order chi connectivity index (χ1) is 6.40. The Morgan fingerprint density at radius 1 is 1.43 bits per heavy atom. The largest absolute Gasteiger partial charge is 0.330 e. The third kappa shape index (κ3) is 6.34. The molecule has 5 heteroatoms. The van der Waals surface area contributed by atoms with Gasteiger partial charge in [0.25, 0.3) is 0 Å². The van der Waals surface area contributed by atoms with Crippen molar-refractivity contribution in [2.75, 3.05) is 32.1 Å². The molecular weight excluding hydrogens is 200 g/mol. The van der Waals surface area contributed by atoms with Crippen LogP contribution in [0.5, 0.6) is 0 Å². The minimum Gasteiger partial charge on any atom is -0.330 e. The van der Waals surface area contributed by atoms with Gasteiger partial charge in [-0.3, -0.25) is 0 Å². The first-order valence-corrected chi connectivity index (χ1v) is 7.04. The third-order valence-electron chi connectivity index (χ3n) is 2.41. The monoisotopic (exact) mass is 222 g/mol. The van der Waals surface area contributed by atoms with Gasteiger partial charge in [0, 0.05) is 18.8 Å². The number of hydrogen-bond donors (Lipinski definition) is 1. The van der Waals surface area contributed by atoms with Crippen molar-refractivity contribution in [3.63, 3.8) is 0 Å². The van der Waals surface area contributed by atoms with Gasteiger partial charge >= 0.3 is 0 Å². The van der Waals surface area contributed by atoms with E-state index in [0.29, 0.717) is 19.1 Å². The molecule has 0 aliphatic rings. The summed E-state index contributed by atoms with van der Waals surface area (Å²) in [6.45, 7) is 3.34. The molecule has 0 saturated heterocycles. The Morgan fingerprint density at radius 3 is 2.36 bits per heavy atom. The lowest BCUT2D eigenvalue weighted by Crippen LogP contribution is -2.36. The van der Waals surface area contributed by atoms with E-state index in [-0.39, 0.29) is 5.75 Å². The Labute approximate surface area is 87.4 Å². The van der Waals surface area contributed by atoms with Crippen LogP contribution >= 0.6 is 0 Å². The highest BCUT2D eigenvalue weighted by Gasteiger charge is 2.13. The third-order valence-corrected chi connectivity index (χ3v) is 3.33. The highest BCUT2D eigenvalue weighted by molar-refractivity contribution is 7.90. The second-order valence-corrected chi connectivity index (χ2v) is 6.01. The fraction of sp³-hybridized carbons (Fsp3) is 1.00. The molecule has 0 aromatic heterocycles. The molecule has 0 amide bonds. The Hall–Kier alpha value is -0.130. The van der Waals surface area contributed by atoms with Crippen LogP contribution in [0.15, 0.2) is 0 Å². The molecule has 14 heavy (non-hydrogen) atoms. The summed E-state index contributed by atoms with van der Waals surface area (Å²) in [4.78, 5) is 2.08. The highest BCUT2D eigenvalue weighted by Crippen LogP contribution is 2.05. The molecule has 0 rings (SSSR count). The number of rotatable bonds is 7. The Kier molecular flexibility index (Phi) is 6.31. The molecule has 4 nitrogen and oxygen atoms in total. The van der Waals surface area contributed by atoms with Crippen molar-refractivity contribution in [1.82, 2.24) is 4.90 Å². The highest BCUT2D eigenvalue weighted by atomic mass is 32.2. The maximum Gasteiger partial charge on any atom is 0.148 e. The minimum absolute atomic E-state index is 0.227. The van der Waals surface area contributed by atoms with Gasteiger partial charge in [-0.2, -0.15) is 0 Å². The molecule has 2 N–H and O–H groups in total. The van der Waals surface area contributed by atoms with Crippen LogP contribution in [-0.4, -0.2) is 51.5 Å². The van der Waals surface area contributed by atoms with Gasteiger partial charge in [0.05, 0.1) is 5.75 Å². The van der Waals surface area contributed by atoms with Gasteiger partial charge in [-0.15, -0.1) is 0 Å². The summed E-state index contributed by atoms with van der Waals surface area (Å²) in [6.07, 6.45) is 3.21. The molecule has 0 bridgehead atoms. The summed E-state index contributed by atoms with van der Waals surface area (Å²) < 4.78 is 21.9. The first-order valence-electron chi connectivity index (χ1n) is 4.98. The van der Waals surface area contributed by atoms with E-state index in [4.69, 9.17) is 5.73 Å². The van der Waals surface area contributed by atoms with Gasteiger partial charge in [0.2, 0.25) is 0 Å². The van der Waals surface area contributed by atoms with E-state index in [1.165, 1.54) is 6.26 Å². The summed E-state index contributed by atoms with van der Waals surface area (Å²) in [5, 5.41) is 0. The lowest BCUT2D eigenvalue weighted by molar-refractivity contribution is 0.238. The lowest BCUT2D eigenvalue weighted by atomic mass is 10.1. The van der Waals surface area contributed by atoms with Gasteiger partial charge in [-0.25, -0.2) is 8.42 Å². The van der Waals surface area contributed by atoms with Crippen molar-refractivity contribution in [2.45, 2.75) is 25.8 Å². The second kappa shape index (κ2) is 6.37. The molecule has 0 saturated carbocycles. The molecule has 0 radical (unpaired) electrons. The summed E-state index contributed by atoms with van der Waals surface area (Å²) in [5.41, 5.74) is 5.48. The topological polar surface area (TPSA) is 63.4 Å². The summed E-state index contributed by atoms with van der Waals surface area (Å²) in [7, 11) is -0.895. The van der Waals surface area contributed by atoms with E-state index in [0.717, 1.165) is 12.8 Å². The SMILES string of the molecule is CCC(CCN)N(C)CCS(C)(=O)=O. The second-order valence-electron chi connectivity index (χ2n) is 3.75. The molecule has 1 atom stereocenters. The van der Waals surface area contributed by atoms with Crippen LogP contribution in [0, 0.1) is 0 Å². The van der Waals surface area contributed by atoms with Crippen molar-refractivity contribution in [3.05, 3.63) is 0 Å². The summed E-state index contributed by atoms with van der Waals surface area (Å²) in [5.74, 6) is 0.227. The van der Waals surface area contributed by atoms with Crippen molar-refractivity contribution in [1.29, 1.82) is 0 Å². The fourth-order valence-electron chi connectivity index (χ4n) is 1.42. The van der Waals surface area contributed by atoms with Gasteiger partial charge in [0.1, 0.15) is 9.84 Å². The van der Waals surface area contributed by atoms with Gasteiger partial charge in [-0.1, -0.05) is 6.92 Å². The number of nitrogens with zero attached hydrogens (tertiary/aromatic N) is 1. The van der Waals surface area contributed by atoms with Crippen LogP contribution in [0.25, 0.3) is 0 Å². The van der Waals surface area contributed by atoms with Crippen LogP contribution in [0.1, 0.15) is 19.8 Å². The Morgan fingerprint density at radius 2 is 2.00 bits per heavy atom.